The number of aromatic nitrogens is 3. The third kappa shape index (κ3) is 4.29. The van der Waals surface area contributed by atoms with Crippen LogP contribution in [0.3, 0.4) is 0 Å². The smallest absolute Gasteiger partial charge is 0.280 e. The van der Waals surface area contributed by atoms with Gasteiger partial charge in [0.15, 0.2) is 5.13 Å². The minimum Gasteiger partial charge on any atom is -0.379 e. The molecule has 1 amide bonds. The van der Waals surface area contributed by atoms with Crippen molar-refractivity contribution in [2.75, 3.05) is 44.3 Å². The maximum atomic E-state index is 13.1. The number of benzene rings is 1. The van der Waals surface area contributed by atoms with Gasteiger partial charge in [-0.15, -0.1) is 0 Å². The lowest BCUT2D eigenvalue weighted by Gasteiger charge is -2.27. The van der Waals surface area contributed by atoms with E-state index in [0.717, 1.165) is 49.5 Å². The van der Waals surface area contributed by atoms with Crippen LogP contribution in [0.2, 0.25) is 0 Å². The highest BCUT2D eigenvalue weighted by molar-refractivity contribution is 7.22. The van der Waals surface area contributed by atoms with Crippen molar-refractivity contribution in [3.63, 3.8) is 0 Å². The number of carbonyl (C=O) groups is 1. The van der Waals surface area contributed by atoms with Gasteiger partial charge in [-0.25, -0.2) is 9.97 Å². The number of ether oxygens (including phenoxy) is 1. The van der Waals surface area contributed by atoms with E-state index in [0.29, 0.717) is 17.4 Å². The van der Waals surface area contributed by atoms with Crippen LogP contribution in [-0.2, 0) is 4.74 Å². The molecule has 2 aromatic heterocycles. The summed E-state index contributed by atoms with van der Waals surface area (Å²) in [6.45, 7) is 4.96. The fraction of sp³-hybridized carbons (Fsp3) is 0.368. The molecule has 1 aliphatic rings. The van der Waals surface area contributed by atoms with E-state index in [9.17, 15) is 4.79 Å². The Kier molecular flexibility index (Phi) is 5.66. The van der Waals surface area contributed by atoms with Crippen LogP contribution in [-0.4, -0.2) is 65.2 Å². The number of anilines is 1. The van der Waals surface area contributed by atoms with Crippen molar-refractivity contribution in [1.82, 2.24) is 19.9 Å². The van der Waals surface area contributed by atoms with Crippen molar-refractivity contribution < 1.29 is 9.53 Å². The Labute approximate surface area is 161 Å². The minimum absolute atomic E-state index is 0.163. The lowest BCUT2D eigenvalue weighted by molar-refractivity contribution is 0.0376. The molecule has 1 aromatic carbocycles. The average Bonchev–Trinajstić information content (AvgIpc) is 3.16. The Balaban J connectivity index is 1.53. The zero-order valence-corrected chi connectivity index (χ0v) is 15.8. The molecule has 0 bridgehead atoms. The van der Waals surface area contributed by atoms with Gasteiger partial charge >= 0.3 is 0 Å². The summed E-state index contributed by atoms with van der Waals surface area (Å²) in [5, 5.41) is 0.703. The van der Waals surface area contributed by atoms with Crippen LogP contribution in [0.5, 0.6) is 0 Å². The van der Waals surface area contributed by atoms with Crippen molar-refractivity contribution in [3.8, 4) is 0 Å². The maximum Gasteiger partial charge on any atom is 0.280 e. The molecule has 0 unspecified atom stereocenters. The zero-order chi connectivity index (χ0) is 18.5. The van der Waals surface area contributed by atoms with Crippen LogP contribution < -0.4 is 4.90 Å². The third-order valence-electron chi connectivity index (χ3n) is 4.50. The van der Waals surface area contributed by atoms with Crippen LogP contribution >= 0.6 is 11.3 Å². The number of nitrogens with zero attached hydrogens (tertiary/aromatic N) is 5. The first-order chi connectivity index (χ1) is 13.3. The Hall–Kier alpha value is -2.42. The average molecular weight is 383 g/mol. The standard InChI is InChI=1S/C19H21N5O2S/c25-18(16-14-20-6-7-21-16)24(9-3-8-23-10-12-26-13-11-23)19-22-15-4-1-2-5-17(15)27-19/h1-2,4-7,14H,3,8-13H2. The molecule has 140 valence electrons. The topological polar surface area (TPSA) is 71.5 Å². The van der Waals surface area contributed by atoms with Crippen molar-refractivity contribution in [3.05, 3.63) is 48.5 Å². The van der Waals surface area contributed by atoms with E-state index in [1.165, 1.54) is 23.7 Å². The van der Waals surface area contributed by atoms with Gasteiger partial charge in [0.05, 0.1) is 29.6 Å². The zero-order valence-electron chi connectivity index (χ0n) is 15.0. The van der Waals surface area contributed by atoms with Gasteiger partial charge in [-0.1, -0.05) is 23.5 Å². The molecule has 0 N–H and O–H groups in total. The lowest BCUT2D eigenvalue weighted by Crippen LogP contribution is -2.39. The van der Waals surface area contributed by atoms with Gasteiger partial charge in [-0.3, -0.25) is 19.6 Å². The highest BCUT2D eigenvalue weighted by atomic mass is 32.1. The molecule has 0 saturated carbocycles. The molecule has 0 atom stereocenters. The molecule has 4 rings (SSSR count). The van der Waals surface area contributed by atoms with Crippen molar-refractivity contribution in [1.29, 1.82) is 0 Å². The number of fused-ring (bicyclic) bond motifs is 1. The number of morpholine rings is 1. The summed E-state index contributed by atoms with van der Waals surface area (Å²) in [5.41, 5.74) is 1.24. The second kappa shape index (κ2) is 8.51. The predicted molar refractivity (Wildman–Crippen MR) is 105 cm³/mol. The van der Waals surface area contributed by atoms with E-state index in [-0.39, 0.29) is 5.91 Å². The number of thiazole rings is 1. The molecule has 8 heteroatoms. The van der Waals surface area contributed by atoms with Crippen LogP contribution in [0, 0.1) is 0 Å². The molecule has 0 spiro atoms. The van der Waals surface area contributed by atoms with E-state index >= 15 is 0 Å². The van der Waals surface area contributed by atoms with Gasteiger partial charge in [0.2, 0.25) is 0 Å². The van der Waals surface area contributed by atoms with Crippen molar-refractivity contribution >= 4 is 32.6 Å². The Morgan fingerprint density at radius 1 is 1.22 bits per heavy atom. The quantitative estimate of drug-likeness (QED) is 0.651. The first-order valence-corrected chi connectivity index (χ1v) is 9.86. The van der Waals surface area contributed by atoms with Gasteiger partial charge in [-0.05, 0) is 18.6 Å². The summed E-state index contributed by atoms with van der Waals surface area (Å²) in [6.07, 6.45) is 5.47. The fourth-order valence-corrected chi connectivity index (χ4v) is 4.07. The summed E-state index contributed by atoms with van der Waals surface area (Å²) in [7, 11) is 0. The van der Waals surface area contributed by atoms with Gasteiger partial charge in [-0.2, -0.15) is 0 Å². The molecule has 7 nitrogen and oxygen atoms in total. The van der Waals surface area contributed by atoms with Gasteiger partial charge in [0, 0.05) is 38.6 Å². The van der Waals surface area contributed by atoms with Crippen molar-refractivity contribution in [2.24, 2.45) is 0 Å². The van der Waals surface area contributed by atoms with E-state index in [2.05, 4.69) is 19.9 Å². The fourth-order valence-electron chi connectivity index (χ4n) is 3.08. The van der Waals surface area contributed by atoms with Gasteiger partial charge in [0.1, 0.15) is 5.69 Å². The summed E-state index contributed by atoms with van der Waals surface area (Å²) >= 11 is 1.53. The molecule has 0 radical (unpaired) electrons. The largest absolute Gasteiger partial charge is 0.379 e. The molecular formula is C19H21N5O2S. The monoisotopic (exact) mass is 383 g/mol. The second-order valence-corrected chi connectivity index (χ2v) is 7.33. The van der Waals surface area contributed by atoms with Crippen LogP contribution in [0.15, 0.2) is 42.9 Å². The molecule has 1 aliphatic heterocycles. The molecule has 3 heterocycles. The summed E-state index contributed by atoms with van der Waals surface area (Å²) in [4.78, 5) is 30.0. The Morgan fingerprint density at radius 3 is 2.85 bits per heavy atom. The number of amides is 1. The Bertz CT molecular complexity index is 862. The highest BCUT2D eigenvalue weighted by Gasteiger charge is 2.22. The summed E-state index contributed by atoms with van der Waals surface area (Å²) in [5.74, 6) is -0.163. The van der Waals surface area contributed by atoms with E-state index in [4.69, 9.17) is 4.74 Å². The molecule has 1 fully saturated rings. The number of carbonyl (C=O) groups excluding carboxylic acids is 1. The molecule has 1 saturated heterocycles. The number of para-hydroxylation sites is 1. The van der Waals surface area contributed by atoms with E-state index in [1.54, 1.807) is 11.1 Å². The van der Waals surface area contributed by atoms with Crippen LogP contribution in [0.1, 0.15) is 16.9 Å². The number of hydrogen-bond donors (Lipinski definition) is 0. The van der Waals surface area contributed by atoms with Crippen molar-refractivity contribution in [2.45, 2.75) is 6.42 Å². The first kappa shape index (κ1) is 18.0. The number of rotatable bonds is 6. The molecular weight excluding hydrogens is 362 g/mol. The van der Waals surface area contributed by atoms with Gasteiger partial charge in [0.25, 0.3) is 5.91 Å². The summed E-state index contributed by atoms with van der Waals surface area (Å²) < 4.78 is 6.46. The molecule has 0 aliphatic carbocycles. The molecule has 3 aromatic rings. The minimum atomic E-state index is -0.163. The normalized spacial score (nSPS) is 15.1. The first-order valence-electron chi connectivity index (χ1n) is 9.05. The third-order valence-corrected chi connectivity index (χ3v) is 5.56. The van der Waals surface area contributed by atoms with Crippen LogP contribution in [0.25, 0.3) is 10.2 Å². The highest BCUT2D eigenvalue weighted by Crippen LogP contribution is 2.29. The Morgan fingerprint density at radius 2 is 2.07 bits per heavy atom. The molecule has 27 heavy (non-hydrogen) atoms. The predicted octanol–water partition coefficient (Wildman–Crippen LogP) is 2.46. The SMILES string of the molecule is O=C(c1cnccn1)N(CCCN1CCOCC1)c1nc2ccccc2s1. The summed E-state index contributed by atoms with van der Waals surface area (Å²) in [6, 6.07) is 7.93. The second-order valence-electron chi connectivity index (χ2n) is 6.32. The van der Waals surface area contributed by atoms with E-state index < -0.39 is 0 Å². The maximum absolute atomic E-state index is 13.1. The van der Waals surface area contributed by atoms with E-state index in [1.807, 2.05) is 24.3 Å². The lowest BCUT2D eigenvalue weighted by atomic mass is 10.3. The van der Waals surface area contributed by atoms with Gasteiger partial charge < -0.3 is 4.74 Å². The van der Waals surface area contributed by atoms with Crippen LogP contribution in [0.4, 0.5) is 5.13 Å². The number of hydrogen-bond acceptors (Lipinski definition) is 7.